The number of thioether (sulfide) groups is 1. The van der Waals surface area contributed by atoms with Crippen LogP contribution >= 0.6 is 11.8 Å². The van der Waals surface area contributed by atoms with Crippen molar-refractivity contribution in [3.05, 3.63) is 215 Å². The van der Waals surface area contributed by atoms with Crippen LogP contribution in [0.3, 0.4) is 0 Å². The number of ether oxygens (including phenoxy) is 1. The molecule has 0 fully saturated rings. The molecule has 6 aromatic rings. The second-order valence-electron chi connectivity index (χ2n) is 14.4. The summed E-state index contributed by atoms with van der Waals surface area (Å²) in [6.07, 6.45) is 0. The minimum absolute atomic E-state index is 0.309. The lowest BCUT2D eigenvalue weighted by Gasteiger charge is -2.41. The van der Waals surface area contributed by atoms with Gasteiger partial charge >= 0.3 is 5.97 Å². The number of carbonyl (C=O) groups excluding carboxylic acids is 2. The maximum atomic E-state index is 14.9. The van der Waals surface area contributed by atoms with Gasteiger partial charge in [0.2, 0.25) is 5.91 Å². The van der Waals surface area contributed by atoms with Crippen molar-refractivity contribution in [1.29, 1.82) is 0 Å². The highest BCUT2D eigenvalue weighted by molar-refractivity contribution is 8.00. The first-order valence-electron chi connectivity index (χ1n) is 18.4. The Morgan fingerprint density at radius 3 is 1.17 bits per heavy atom. The molecule has 2 atom stereocenters. The molecule has 2 unspecified atom stereocenters. The van der Waals surface area contributed by atoms with Crippen molar-refractivity contribution in [3.63, 3.8) is 0 Å². The van der Waals surface area contributed by atoms with Crippen LogP contribution in [0, 0.1) is 0 Å². The molecule has 6 aromatic carbocycles. The van der Waals surface area contributed by atoms with Crippen LogP contribution in [0.5, 0.6) is 0 Å². The number of hydrogen-bond acceptors (Lipinski definition) is 5. The highest BCUT2D eigenvalue weighted by Crippen LogP contribution is 2.49. The summed E-state index contributed by atoms with van der Waals surface area (Å²) in [5.74, 6) is -0.467. The van der Waals surface area contributed by atoms with E-state index in [4.69, 9.17) is 4.74 Å². The van der Waals surface area contributed by atoms with Crippen LogP contribution in [0.15, 0.2) is 182 Å². The molecule has 0 radical (unpaired) electrons. The Hall–Kier alpha value is -5.43. The fourth-order valence-corrected chi connectivity index (χ4v) is 8.56. The van der Waals surface area contributed by atoms with Crippen molar-refractivity contribution in [2.45, 2.75) is 55.7 Å². The van der Waals surface area contributed by atoms with Gasteiger partial charge in [-0.05, 0) is 61.1 Å². The van der Waals surface area contributed by atoms with Crippen LogP contribution in [-0.2, 0) is 24.6 Å². The molecule has 1 amide bonds. The van der Waals surface area contributed by atoms with Crippen molar-refractivity contribution < 1.29 is 14.3 Å². The number of esters is 1. The van der Waals surface area contributed by atoms with Gasteiger partial charge in [-0.2, -0.15) is 0 Å². The summed E-state index contributed by atoms with van der Waals surface area (Å²) in [6.45, 7) is 7.15. The van der Waals surface area contributed by atoms with E-state index in [0.29, 0.717) is 5.75 Å². The molecule has 0 saturated carbocycles. The summed E-state index contributed by atoms with van der Waals surface area (Å²) < 4.78 is 5.01. The lowest BCUT2D eigenvalue weighted by molar-refractivity contribution is -0.158. The van der Waals surface area contributed by atoms with E-state index in [9.17, 15) is 9.59 Å². The van der Waals surface area contributed by atoms with Gasteiger partial charge in [-0.3, -0.25) is 10.1 Å². The smallest absolute Gasteiger partial charge is 0.328 e. The van der Waals surface area contributed by atoms with Gasteiger partial charge < -0.3 is 10.1 Å². The first kappa shape index (κ1) is 38.3. The number of hydrogen-bond donors (Lipinski definition) is 2. The van der Waals surface area contributed by atoms with Gasteiger partial charge in [0, 0.05) is 5.75 Å². The maximum absolute atomic E-state index is 14.9. The number of amides is 1. The van der Waals surface area contributed by atoms with Crippen LogP contribution in [0.2, 0.25) is 0 Å². The fraction of sp³-hybridized carbons (Fsp3) is 0.208. The van der Waals surface area contributed by atoms with Gasteiger partial charge in [-0.1, -0.05) is 182 Å². The molecule has 0 aromatic heterocycles. The Balaban J connectivity index is 1.52. The van der Waals surface area contributed by atoms with Gasteiger partial charge in [-0.15, -0.1) is 11.8 Å². The van der Waals surface area contributed by atoms with E-state index in [1.54, 1.807) is 18.7 Å². The zero-order chi connectivity index (χ0) is 38.0. The molecule has 0 heterocycles. The minimum Gasteiger partial charge on any atom is -0.458 e. The Morgan fingerprint density at radius 1 is 0.537 bits per heavy atom. The molecule has 274 valence electrons. The van der Waals surface area contributed by atoms with Crippen molar-refractivity contribution in [1.82, 2.24) is 10.6 Å². The van der Waals surface area contributed by atoms with Gasteiger partial charge in [0.25, 0.3) is 0 Å². The summed E-state index contributed by atoms with van der Waals surface area (Å²) in [6, 6.07) is 60.4. The molecular formula is C48H48N2O3S. The lowest BCUT2D eigenvalue weighted by atomic mass is 9.76. The molecule has 6 heteroatoms. The largest absolute Gasteiger partial charge is 0.458 e. The maximum Gasteiger partial charge on any atom is 0.328 e. The van der Waals surface area contributed by atoms with Crippen molar-refractivity contribution >= 4 is 23.6 Å². The third-order valence-electron chi connectivity index (χ3n) is 9.45. The van der Waals surface area contributed by atoms with Gasteiger partial charge in [-0.25, -0.2) is 4.79 Å². The Morgan fingerprint density at radius 2 is 0.852 bits per heavy atom. The normalized spacial score (nSPS) is 13.0. The lowest BCUT2D eigenvalue weighted by Crippen LogP contribution is -2.58. The summed E-state index contributed by atoms with van der Waals surface area (Å²) in [7, 11) is 0. The molecular weight excluding hydrogens is 685 g/mol. The van der Waals surface area contributed by atoms with E-state index in [1.807, 2.05) is 93.6 Å². The van der Waals surface area contributed by atoms with Gasteiger partial charge in [0.15, 0.2) is 0 Å². The Bertz CT molecular complexity index is 1880. The van der Waals surface area contributed by atoms with Gasteiger partial charge in [0.1, 0.15) is 11.6 Å². The first-order chi connectivity index (χ1) is 26.1. The molecule has 0 aliphatic rings. The van der Waals surface area contributed by atoms with E-state index < -0.39 is 33.9 Å². The second-order valence-corrected chi connectivity index (χ2v) is 15.6. The third kappa shape index (κ3) is 8.52. The number of nitrogens with one attached hydrogen (secondary N) is 2. The van der Waals surface area contributed by atoms with Crippen molar-refractivity contribution in [2.24, 2.45) is 0 Å². The van der Waals surface area contributed by atoms with Crippen molar-refractivity contribution in [2.75, 3.05) is 5.75 Å². The molecule has 0 aliphatic heterocycles. The summed E-state index contributed by atoms with van der Waals surface area (Å²) in [4.78, 5) is 28.2. The number of benzene rings is 6. The zero-order valence-corrected chi connectivity index (χ0v) is 32.1. The summed E-state index contributed by atoms with van der Waals surface area (Å²) >= 11 is 1.70. The van der Waals surface area contributed by atoms with E-state index in [-0.39, 0.29) is 5.91 Å². The highest BCUT2D eigenvalue weighted by atomic mass is 32.2. The second kappa shape index (κ2) is 17.1. The molecule has 0 saturated heterocycles. The van der Waals surface area contributed by atoms with E-state index in [2.05, 4.69) is 120 Å². The van der Waals surface area contributed by atoms with Crippen LogP contribution in [0.4, 0.5) is 0 Å². The Labute approximate surface area is 324 Å². The quantitative estimate of drug-likeness (QED) is 0.0863. The molecule has 5 nitrogen and oxygen atoms in total. The average molecular weight is 733 g/mol. The molecule has 6 rings (SSSR count). The van der Waals surface area contributed by atoms with Crippen molar-refractivity contribution in [3.8, 4) is 0 Å². The van der Waals surface area contributed by atoms with Crippen LogP contribution in [0.1, 0.15) is 61.1 Å². The highest BCUT2D eigenvalue weighted by Gasteiger charge is 2.43. The zero-order valence-electron chi connectivity index (χ0n) is 31.3. The molecule has 0 bridgehead atoms. The number of carbonyl (C=O) groups is 2. The van der Waals surface area contributed by atoms with Gasteiger partial charge in [0.05, 0.1) is 16.3 Å². The number of rotatable bonds is 14. The molecule has 2 N–H and O–H groups in total. The summed E-state index contributed by atoms with van der Waals surface area (Å²) in [5.41, 5.74) is 4.56. The van der Waals surface area contributed by atoms with Crippen LogP contribution < -0.4 is 10.6 Å². The Kier molecular flexibility index (Phi) is 12.2. The van der Waals surface area contributed by atoms with E-state index in [1.165, 1.54) is 0 Å². The monoisotopic (exact) mass is 732 g/mol. The molecule has 0 spiro atoms. The fourth-order valence-electron chi connectivity index (χ4n) is 7.00. The predicted molar refractivity (Wildman–Crippen MR) is 221 cm³/mol. The predicted octanol–water partition coefficient (Wildman–Crippen LogP) is 9.51. The standard InChI is InChI=1S/C48H48N2O3S/c1-36(45(52)53-46(2,3)4)49-44(51)43(50-47(37-23-11-5-12-24-37,38-25-13-6-14-26-38)39-27-15-7-16-28-39)35-54-48(40-29-17-8-18-30-40,41-31-19-9-20-32-41)42-33-21-10-22-34-42/h5-34,36,43,50H,35H2,1-4H3,(H,49,51). The van der Waals surface area contributed by atoms with E-state index >= 15 is 0 Å². The molecule has 54 heavy (non-hydrogen) atoms. The summed E-state index contributed by atoms with van der Waals surface area (Å²) in [5, 5.41) is 7.00. The molecule has 0 aliphatic carbocycles. The van der Waals surface area contributed by atoms with Crippen LogP contribution in [-0.4, -0.2) is 35.3 Å². The average Bonchev–Trinajstić information content (AvgIpc) is 3.21. The SMILES string of the molecule is CC(NC(=O)C(CSC(c1ccccc1)(c1ccccc1)c1ccccc1)NC(c1ccccc1)(c1ccccc1)c1ccccc1)C(=O)OC(C)(C)C. The van der Waals surface area contributed by atoms with E-state index in [0.717, 1.165) is 33.4 Å². The minimum atomic E-state index is -0.948. The third-order valence-corrected chi connectivity index (χ3v) is 11.1. The topological polar surface area (TPSA) is 67.4 Å². The van der Waals surface area contributed by atoms with Crippen LogP contribution in [0.25, 0.3) is 0 Å². The first-order valence-corrected chi connectivity index (χ1v) is 19.4.